The van der Waals surface area contributed by atoms with Crippen LogP contribution in [0.3, 0.4) is 0 Å². The molecule has 1 aliphatic carbocycles. The summed E-state index contributed by atoms with van der Waals surface area (Å²) in [6.07, 6.45) is 37.9. The molecular weight excluding hydrogens is 749 g/mol. The third-order valence-electron chi connectivity index (χ3n) is 15.0. The highest BCUT2D eigenvalue weighted by atomic mass is 14.5. The van der Waals surface area contributed by atoms with Gasteiger partial charge in [-0.25, -0.2) is 0 Å². The number of nitrogens with two attached hydrogens (primary N) is 2. The quantitative estimate of drug-likeness (QED) is 0.0392. The van der Waals surface area contributed by atoms with Crippen LogP contribution in [-0.2, 0) is 0 Å². The Morgan fingerprint density at radius 1 is 0.355 bits per heavy atom. The van der Waals surface area contributed by atoms with Gasteiger partial charge in [0, 0.05) is 29.1 Å². The predicted octanol–water partition coefficient (Wildman–Crippen LogP) is 18.5. The van der Waals surface area contributed by atoms with Crippen LogP contribution in [0.4, 0.5) is 11.4 Å². The summed E-state index contributed by atoms with van der Waals surface area (Å²) in [6.45, 7) is 7.06. The summed E-state index contributed by atoms with van der Waals surface area (Å²) < 4.78 is 0. The van der Waals surface area contributed by atoms with Crippen molar-refractivity contribution < 1.29 is 0 Å². The molecular formula is C60H90N2. The van der Waals surface area contributed by atoms with E-state index in [0.717, 1.165) is 23.2 Å². The number of benzene rings is 4. The number of hydrogen-bond donors (Lipinski definition) is 2. The molecule has 4 aromatic carbocycles. The standard InChI is InChI=1S/C60H90N2/c1-4-7-9-11-13-15-17-19-24-28-58(54-38-43-56(61)44-39-54)50-30-34-52(35-31-50)60(47-42-48(6-3)49-26-22-21-23-27-49)53-36-32-51(33-37-53)59(55-40-45-57(62)46-41-55)29-25-20-18-16-14-12-10-8-5-2/h30-41,43-46,48-49,58-60H,4-29,42,47,61-62H2,1-3H3. The Morgan fingerprint density at radius 3 is 0.968 bits per heavy atom. The van der Waals surface area contributed by atoms with E-state index in [2.05, 4.69) is 118 Å². The number of anilines is 2. The summed E-state index contributed by atoms with van der Waals surface area (Å²) in [5, 5.41) is 0. The minimum absolute atomic E-state index is 0.398. The molecule has 3 atom stereocenters. The molecule has 1 fully saturated rings. The molecule has 3 unspecified atom stereocenters. The number of unbranched alkanes of at least 4 members (excludes halogenated alkanes) is 16. The van der Waals surface area contributed by atoms with E-state index in [1.807, 2.05) is 0 Å². The second-order valence-electron chi connectivity index (χ2n) is 19.7. The van der Waals surface area contributed by atoms with E-state index < -0.39 is 0 Å². The molecule has 1 saturated carbocycles. The average molecular weight is 839 g/mol. The molecule has 1 aliphatic rings. The highest BCUT2D eigenvalue weighted by molar-refractivity contribution is 5.45. The Balaban J connectivity index is 1.33. The van der Waals surface area contributed by atoms with E-state index in [1.54, 1.807) is 0 Å². The van der Waals surface area contributed by atoms with Crippen molar-refractivity contribution in [1.29, 1.82) is 0 Å². The molecule has 2 nitrogen and oxygen atoms in total. The van der Waals surface area contributed by atoms with E-state index in [4.69, 9.17) is 11.5 Å². The maximum atomic E-state index is 6.19. The number of hydrogen-bond acceptors (Lipinski definition) is 2. The van der Waals surface area contributed by atoms with Crippen LogP contribution in [-0.4, -0.2) is 0 Å². The molecule has 62 heavy (non-hydrogen) atoms. The third kappa shape index (κ3) is 16.9. The maximum Gasteiger partial charge on any atom is 0.0314 e. The zero-order valence-electron chi connectivity index (χ0n) is 40.1. The zero-order valence-corrected chi connectivity index (χ0v) is 40.1. The lowest BCUT2D eigenvalue weighted by Crippen LogP contribution is -2.18. The van der Waals surface area contributed by atoms with E-state index in [9.17, 15) is 0 Å². The van der Waals surface area contributed by atoms with Crippen molar-refractivity contribution in [3.63, 3.8) is 0 Å². The largest absolute Gasteiger partial charge is 0.399 e. The summed E-state index contributed by atoms with van der Waals surface area (Å²) in [5.74, 6) is 2.93. The molecule has 0 aliphatic heterocycles. The van der Waals surface area contributed by atoms with E-state index in [1.165, 1.54) is 213 Å². The molecule has 4 N–H and O–H groups in total. The summed E-state index contributed by atoms with van der Waals surface area (Å²) in [6, 6.07) is 37.4. The number of nitrogen functional groups attached to an aromatic ring is 2. The molecule has 5 rings (SSSR count). The molecule has 0 spiro atoms. The first kappa shape index (κ1) is 49.5. The Bertz CT molecular complexity index is 1580. The molecule has 2 heteroatoms. The lowest BCUT2D eigenvalue weighted by molar-refractivity contribution is 0.225. The van der Waals surface area contributed by atoms with Crippen molar-refractivity contribution >= 4 is 11.4 Å². The van der Waals surface area contributed by atoms with Crippen LogP contribution < -0.4 is 11.5 Å². The smallest absolute Gasteiger partial charge is 0.0314 e. The fraction of sp³-hybridized carbons (Fsp3) is 0.600. The van der Waals surface area contributed by atoms with Gasteiger partial charge in [0.1, 0.15) is 0 Å². The first-order valence-corrected chi connectivity index (χ1v) is 26.4. The minimum Gasteiger partial charge on any atom is -0.399 e. The first-order chi connectivity index (χ1) is 30.5. The Morgan fingerprint density at radius 2 is 0.645 bits per heavy atom. The molecule has 0 saturated heterocycles. The summed E-state index contributed by atoms with van der Waals surface area (Å²) in [5.41, 5.74) is 22.7. The van der Waals surface area contributed by atoms with Gasteiger partial charge in [0.05, 0.1) is 0 Å². The van der Waals surface area contributed by atoms with Crippen molar-refractivity contribution in [1.82, 2.24) is 0 Å². The predicted molar refractivity (Wildman–Crippen MR) is 273 cm³/mol. The average Bonchev–Trinajstić information content (AvgIpc) is 3.31. The van der Waals surface area contributed by atoms with Crippen LogP contribution in [0.15, 0.2) is 97.1 Å². The Hall–Kier alpha value is -3.52. The second-order valence-corrected chi connectivity index (χ2v) is 19.7. The van der Waals surface area contributed by atoms with Crippen molar-refractivity contribution in [2.75, 3.05) is 11.5 Å². The van der Waals surface area contributed by atoms with Crippen LogP contribution in [0.25, 0.3) is 0 Å². The van der Waals surface area contributed by atoms with Crippen LogP contribution in [0.5, 0.6) is 0 Å². The lowest BCUT2D eigenvalue weighted by atomic mass is 9.74. The lowest BCUT2D eigenvalue weighted by Gasteiger charge is -2.31. The Labute approximate surface area is 381 Å². The minimum atomic E-state index is 0.398. The van der Waals surface area contributed by atoms with Gasteiger partial charge >= 0.3 is 0 Å². The van der Waals surface area contributed by atoms with E-state index >= 15 is 0 Å². The zero-order chi connectivity index (χ0) is 43.6. The highest BCUT2D eigenvalue weighted by Crippen LogP contribution is 2.40. The molecule has 0 heterocycles. The SMILES string of the molecule is CCCCCCCCCCCC(c1ccc(N)cc1)c1ccc(C(CCC(CC)C2CCCCC2)c2ccc(C(CCCCCCCCCCC)c3ccc(N)cc3)cc2)cc1. The highest BCUT2D eigenvalue weighted by Gasteiger charge is 2.25. The van der Waals surface area contributed by atoms with Crippen LogP contribution in [0.2, 0.25) is 0 Å². The van der Waals surface area contributed by atoms with E-state index in [-0.39, 0.29) is 0 Å². The van der Waals surface area contributed by atoms with Gasteiger partial charge in [0.2, 0.25) is 0 Å². The molecule has 0 radical (unpaired) electrons. The molecule has 4 aromatic rings. The van der Waals surface area contributed by atoms with Crippen molar-refractivity contribution in [2.45, 2.75) is 218 Å². The maximum absolute atomic E-state index is 6.19. The van der Waals surface area contributed by atoms with Gasteiger partial charge in [-0.3, -0.25) is 0 Å². The van der Waals surface area contributed by atoms with Crippen LogP contribution in [0, 0.1) is 11.8 Å². The summed E-state index contributed by atoms with van der Waals surface area (Å²) in [7, 11) is 0. The molecule has 0 amide bonds. The topological polar surface area (TPSA) is 52.0 Å². The fourth-order valence-electron chi connectivity index (χ4n) is 11.0. The van der Waals surface area contributed by atoms with Gasteiger partial charge in [0.25, 0.3) is 0 Å². The molecule has 0 bridgehead atoms. The van der Waals surface area contributed by atoms with Gasteiger partial charge in [-0.05, 0) is 95.2 Å². The van der Waals surface area contributed by atoms with Gasteiger partial charge in [-0.1, -0.05) is 248 Å². The van der Waals surface area contributed by atoms with Crippen LogP contribution >= 0.6 is 0 Å². The summed E-state index contributed by atoms with van der Waals surface area (Å²) >= 11 is 0. The van der Waals surface area contributed by atoms with Crippen molar-refractivity contribution in [2.24, 2.45) is 11.8 Å². The number of rotatable bonds is 31. The van der Waals surface area contributed by atoms with E-state index in [0.29, 0.717) is 17.8 Å². The van der Waals surface area contributed by atoms with Gasteiger partial charge in [-0.2, -0.15) is 0 Å². The fourth-order valence-corrected chi connectivity index (χ4v) is 11.0. The van der Waals surface area contributed by atoms with Crippen molar-refractivity contribution in [3.05, 3.63) is 130 Å². The van der Waals surface area contributed by atoms with Gasteiger partial charge < -0.3 is 11.5 Å². The first-order valence-electron chi connectivity index (χ1n) is 26.4. The van der Waals surface area contributed by atoms with Gasteiger partial charge in [0.15, 0.2) is 0 Å². The molecule has 0 aromatic heterocycles. The van der Waals surface area contributed by atoms with Crippen LogP contribution in [0.1, 0.15) is 252 Å². The van der Waals surface area contributed by atoms with Crippen molar-refractivity contribution in [3.8, 4) is 0 Å². The van der Waals surface area contributed by atoms with Gasteiger partial charge in [-0.15, -0.1) is 0 Å². The summed E-state index contributed by atoms with van der Waals surface area (Å²) in [4.78, 5) is 0. The second kappa shape index (κ2) is 29.0. The monoisotopic (exact) mass is 839 g/mol. The normalized spacial score (nSPS) is 15.3. The molecule has 340 valence electrons. The third-order valence-corrected chi connectivity index (χ3v) is 15.0. The Kier molecular flexibility index (Phi) is 23.2.